The van der Waals surface area contributed by atoms with Crippen molar-refractivity contribution in [2.24, 2.45) is 5.73 Å². The largest absolute Gasteiger partial charge is 0.326 e. The van der Waals surface area contributed by atoms with Crippen LogP contribution in [-0.4, -0.2) is 23.0 Å². The van der Waals surface area contributed by atoms with Crippen molar-refractivity contribution in [3.05, 3.63) is 64.9 Å². The van der Waals surface area contributed by atoms with Crippen LogP contribution in [-0.2, 0) is 6.54 Å². The first-order valence-electron chi connectivity index (χ1n) is 7.23. The van der Waals surface area contributed by atoms with Gasteiger partial charge in [-0.1, -0.05) is 42.8 Å². The fraction of sp³-hybridized carbons (Fsp3) is 0.353. The minimum absolute atomic E-state index is 0.0265. The number of nitrogens with zero attached hydrogens (tertiary/aromatic N) is 2. The Morgan fingerprint density at radius 2 is 1.90 bits per heavy atom. The fourth-order valence-corrected chi connectivity index (χ4v) is 2.83. The summed E-state index contributed by atoms with van der Waals surface area (Å²) in [6, 6.07) is 14.0. The smallest absolute Gasteiger partial charge is 0.0544 e. The van der Waals surface area contributed by atoms with Crippen molar-refractivity contribution in [2.75, 3.05) is 7.05 Å². The summed E-state index contributed by atoms with van der Waals surface area (Å²) < 4.78 is 0. The van der Waals surface area contributed by atoms with Crippen LogP contribution in [0.1, 0.15) is 30.6 Å². The lowest BCUT2D eigenvalue weighted by atomic mass is 9.96. The molecule has 0 fully saturated rings. The van der Waals surface area contributed by atoms with E-state index in [0.717, 1.165) is 29.2 Å². The van der Waals surface area contributed by atoms with Crippen molar-refractivity contribution in [1.29, 1.82) is 0 Å². The molecule has 21 heavy (non-hydrogen) atoms. The zero-order valence-electron chi connectivity index (χ0n) is 12.5. The van der Waals surface area contributed by atoms with Crippen molar-refractivity contribution in [2.45, 2.75) is 32.0 Å². The summed E-state index contributed by atoms with van der Waals surface area (Å²) in [5.41, 5.74) is 8.46. The number of halogens is 1. The molecule has 112 valence electrons. The van der Waals surface area contributed by atoms with Gasteiger partial charge in [-0.25, -0.2) is 0 Å². The standard InChI is InChI=1S/C17H22ClN3/c1-3-16(19)17(14-9-4-5-10-15(14)18)21(2)12-13-8-6-7-11-20-13/h4-11,16-17H,3,12,19H2,1-2H3. The highest BCUT2D eigenvalue weighted by atomic mass is 35.5. The molecular weight excluding hydrogens is 282 g/mol. The van der Waals surface area contributed by atoms with Gasteiger partial charge in [0.2, 0.25) is 0 Å². The first kappa shape index (κ1) is 16.0. The quantitative estimate of drug-likeness (QED) is 0.886. The highest BCUT2D eigenvalue weighted by Gasteiger charge is 2.25. The molecule has 2 atom stereocenters. The monoisotopic (exact) mass is 303 g/mol. The van der Waals surface area contributed by atoms with Gasteiger partial charge in [0.05, 0.1) is 11.7 Å². The van der Waals surface area contributed by atoms with Crippen LogP contribution in [0, 0.1) is 0 Å². The number of benzene rings is 1. The van der Waals surface area contributed by atoms with E-state index in [1.165, 1.54) is 0 Å². The van der Waals surface area contributed by atoms with Crippen LogP contribution in [0.3, 0.4) is 0 Å². The normalized spacial score (nSPS) is 14.1. The summed E-state index contributed by atoms with van der Waals surface area (Å²) >= 11 is 6.37. The highest BCUT2D eigenvalue weighted by Crippen LogP contribution is 2.30. The lowest BCUT2D eigenvalue weighted by Gasteiger charge is -2.33. The number of rotatable bonds is 6. The Morgan fingerprint density at radius 3 is 2.52 bits per heavy atom. The average molecular weight is 304 g/mol. The predicted molar refractivity (Wildman–Crippen MR) is 88.2 cm³/mol. The molecule has 1 aromatic heterocycles. The SMILES string of the molecule is CCC(N)C(c1ccccc1Cl)N(C)Cc1ccccn1. The van der Waals surface area contributed by atoms with Gasteiger partial charge in [-0.3, -0.25) is 9.88 Å². The molecule has 0 aliphatic carbocycles. The summed E-state index contributed by atoms with van der Waals surface area (Å²) in [4.78, 5) is 6.61. The van der Waals surface area contributed by atoms with Crippen molar-refractivity contribution in [3.63, 3.8) is 0 Å². The van der Waals surface area contributed by atoms with Crippen LogP contribution >= 0.6 is 11.6 Å². The Morgan fingerprint density at radius 1 is 1.19 bits per heavy atom. The number of aromatic nitrogens is 1. The van der Waals surface area contributed by atoms with Crippen molar-refractivity contribution in [1.82, 2.24) is 9.88 Å². The van der Waals surface area contributed by atoms with Gasteiger partial charge in [-0.15, -0.1) is 0 Å². The molecule has 3 nitrogen and oxygen atoms in total. The van der Waals surface area contributed by atoms with E-state index >= 15 is 0 Å². The van der Waals surface area contributed by atoms with E-state index < -0.39 is 0 Å². The predicted octanol–water partition coefficient (Wildman–Crippen LogP) is 3.65. The van der Waals surface area contributed by atoms with E-state index in [1.807, 2.05) is 42.6 Å². The number of hydrogen-bond acceptors (Lipinski definition) is 3. The molecule has 2 rings (SSSR count). The Balaban J connectivity index is 2.26. The van der Waals surface area contributed by atoms with E-state index in [4.69, 9.17) is 17.3 Å². The van der Waals surface area contributed by atoms with Gasteiger partial charge in [0, 0.05) is 23.8 Å². The van der Waals surface area contributed by atoms with Crippen LogP contribution in [0.5, 0.6) is 0 Å². The third kappa shape index (κ3) is 4.03. The third-order valence-electron chi connectivity index (χ3n) is 3.71. The van der Waals surface area contributed by atoms with Crippen LogP contribution in [0.4, 0.5) is 0 Å². The molecule has 0 saturated heterocycles. The molecule has 2 unspecified atom stereocenters. The van der Waals surface area contributed by atoms with Gasteiger partial charge < -0.3 is 5.73 Å². The number of hydrogen-bond donors (Lipinski definition) is 1. The van der Waals surface area contributed by atoms with Gasteiger partial charge in [0.25, 0.3) is 0 Å². The second-order valence-corrected chi connectivity index (χ2v) is 5.68. The third-order valence-corrected chi connectivity index (χ3v) is 4.06. The summed E-state index contributed by atoms with van der Waals surface area (Å²) in [5.74, 6) is 0. The molecule has 0 radical (unpaired) electrons. The summed E-state index contributed by atoms with van der Waals surface area (Å²) in [7, 11) is 2.07. The van der Waals surface area contributed by atoms with E-state index in [1.54, 1.807) is 0 Å². The first-order valence-corrected chi connectivity index (χ1v) is 7.61. The number of nitrogens with two attached hydrogens (primary N) is 1. The molecular formula is C17H22ClN3. The lowest BCUT2D eigenvalue weighted by Crippen LogP contribution is -2.38. The van der Waals surface area contributed by atoms with Crippen molar-refractivity contribution < 1.29 is 0 Å². The van der Waals surface area contributed by atoms with Gasteiger partial charge in [-0.2, -0.15) is 0 Å². The van der Waals surface area contributed by atoms with Gasteiger partial charge in [0.1, 0.15) is 0 Å². The molecule has 2 aromatic rings. The molecule has 0 bridgehead atoms. The molecule has 1 aromatic carbocycles. The average Bonchev–Trinajstić information content (AvgIpc) is 2.50. The summed E-state index contributed by atoms with van der Waals surface area (Å²) in [5, 5.41) is 0.763. The van der Waals surface area contributed by atoms with E-state index in [-0.39, 0.29) is 12.1 Å². The first-order chi connectivity index (χ1) is 10.1. The molecule has 0 spiro atoms. The van der Waals surface area contributed by atoms with Crippen LogP contribution in [0.2, 0.25) is 5.02 Å². The molecule has 0 aliphatic heterocycles. The lowest BCUT2D eigenvalue weighted by molar-refractivity contribution is 0.199. The van der Waals surface area contributed by atoms with Crippen molar-refractivity contribution >= 4 is 11.6 Å². The molecule has 1 heterocycles. The second-order valence-electron chi connectivity index (χ2n) is 5.27. The zero-order chi connectivity index (χ0) is 15.2. The van der Waals surface area contributed by atoms with Gasteiger partial charge in [-0.05, 0) is 37.2 Å². The summed E-state index contributed by atoms with van der Waals surface area (Å²) in [6.07, 6.45) is 2.70. The Kier molecular flexibility index (Phi) is 5.74. The second kappa shape index (κ2) is 7.55. The van der Waals surface area contributed by atoms with Crippen LogP contribution in [0.15, 0.2) is 48.7 Å². The minimum Gasteiger partial charge on any atom is -0.326 e. The Labute approximate surface area is 131 Å². The van der Waals surface area contributed by atoms with Crippen molar-refractivity contribution in [3.8, 4) is 0 Å². The maximum atomic E-state index is 6.37. The highest BCUT2D eigenvalue weighted by molar-refractivity contribution is 6.31. The van der Waals surface area contributed by atoms with Gasteiger partial charge in [0.15, 0.2) is 0 Å². The topological polar surface area (TPSA) is 42.1 Å². The van der Waals surface area contributed by atoms with Crippen LogP contribution < -0.4 is 5.73 Å². The maximum Gasteiger partial charge on any atom is 0.0544 e. The van der Waals surface area contributed by atoms with Crippen LogP contribution in [0.25, 0.3) is 0 Å². The van der Waals surface area contributed by atoms with Gasteiger partial charge >= 0.3 is 0 Å². The molecule has 0 saturated carbocycles. The fourth-order valence-electron chi connectivity index (χ4n) is 2.58. The van der Waals surface area contributed by atoms with E-state index in [9.17, 15) is 0 Å². The molecule has 4 heteroatoms. The number of likely N-dealkylation sites (N-methyl/N-ethyl adjacent to an activating group) is 1. The zero-order valence-corrected chi connectivity index (χ0v) is 13.3. The minimum atomic E-state index is 0.0265. The van der Waals surface area contributed by atoms with E-state index in [0.29, 0.717) is 0 Å². The number of pyridine rings is 1. The van der Waals surface area contributed by atoms with E-state index in [2.05, 4.69) is 29.9 Å². The molecule has 0 amide bonds. The summed E-state index contributed by atoms with van der Waals surface area (Å²) in [6.45, 7) is 2.84. The Bertz CT molecular complexity index is 559. The Hall–Kier alpha value is -1.42. The molecule has 0 aliphatic rings. The molecule has 2 N–H and O–H groups in total. The maximum absolute atomic E-state index is 6.37.